The second-order valence-corrected chi connectivity index (χ2v) is 5.24. The van der Waals surface area contributed by atoms with Crippen molar-refractivity contribution in [2.75, 3.05) is 10.6 Å². The fraction of sp³-hybridized carbons (Fsp3) is 0.133. The van der Waals surface area contributed by atoms with Gasteiger partial charge in [0.1, 0.15) is 0 Å². The number of nitrogens with one attached hydrogen (secondary N) is 2. The molecule has 21 heavy (non-hydrogen) atoms. The van der Waals surface area contributed by atoms with Crippen LogP contribution in [0.4, 0.5) is 11.4 Å². The highest BCUT2D eigenvalue weighted by Crippen LogP contribution is 2.16. The Bertz CT molecular complexity index is 656. The number of carbonyl (C=O) groups is 2. The molecule has 2 N–H and O–H groups in total. The molecule has 0 saturated carbocycles. The number of amides is 2. The minimum atomic E-state index is -0.242. The molecule has 0 aliphatic rings. The van der Waals surface area contributed by atoms with Crippen LogP contribution in [0.3, 0.4) is 0 Å². The summed E-state index contributed by atoms with van der Waals surface area (Å²) in [5.74, 6) is -0.291. The van der Waals surface area contributed by atoms with E-state index in [1.165, 1.54) is 6.20 Å². The summed E-state index contributed by atoms with van der Waals surface area (Å²) in [6.07, 6.45) is 3.53. The second-order valence-electron chi connectivity index (χ2n) is 4.33. The highest BCUT2D eigenvalue weighted by Gasteiger charge is 2.07. The van der Waals surface area contributed by atoms with Crippen LogP contribution in [0, 0.1) is 0 Å². The lowest BCUT2D eigenvalue weighted by Gasteiger charge is -2.07. The van der Waals surface area contributed by atoms with Crippen molar-refractivity contribution in [3.63, 3.8) is 0 Å². The molecule has 1 aromatic heterocycles. The van der Waals surface area contributed by atoms with Crippen molar-refractivity contribution in [1.29, 1.82) is 0 Å². The average molecular weight is 348 g/mol. The number of halogens is 1. The Hall–Kier alpha value is -2.21. The second kappa shape index (κ2) is 6.99. The highest BCUT2D eigenvalue weighted by molar-refractivity contribution is 9.10. The van der Waals surface area contributed by atoms with Gasteiger partial charge in [0.25, 0.3) is 5.91 Å². The first-order valence-corrected chi connectivity index (χ1v) is 7.19. The molecule has 0 aliphatic carbocycles. The zero-order valence-electron chi connectivity index (χ0n) is 11.4. The molecule has 2 aromatic rings. The molecule has 2 amide bonds. The van der Waals surface area contributed by atoms with Gasteiger partial charge in [0.2, 0.25) is 5.91 Å². The topological polar surface area (TPSA) is 71.1 Å². The zero-order chi connectivity index (χ0) is 15.2. The Morgan fingerprint density at radius 2 is 1.71 bits per heavy atom. The van der Waals surface area contributed by atoms with Crippen LogP contribution < -0.4 is 10.6 Å². The monoisotopic (exact) mass is 347 g/mol. The number of carbonyl (C=O) groups excluding carboxylic acids is 2. The van der Waals surface area contributed by atoms with Gasteiger partial charge in [0, 0.05) is 34.7 Å². The first-order valence-electron chi connectivity index (χ1n) is 6.40. The van der Waals surface area contributed by atoms with E-state index in [0.717, 1.165) is 4.47 Å². The molecule has 108 valence electrons. The summed E-state index contributed by atoms with van der Waals surface area (Å²) in [4.78, 5) is 27.3. The van der Waals surface area contributed by atoms with Crippen molar-refractivity contribution >= 4 is 39.1 Å². The zero-order valence-corrected chi connectivity index (χ0v) is 13.0. The molecule has 0 fully saturated rings. The summed E-state index contributed by atoms with van der Waals surface area (Å²) in [6, 6.07) is 8.63. The van der Waals surface area contributed by atoms with E-state index in [1.807, 2.05) is 0 Å². The minimum absolute atomic E-state index is 0.0491. The van der Waals surface area contributed by atoms with Crippen LogP contribution in [-0.2, 0) is 4.79 Å². The lowest BCUT2D eigenvalue weighted by atomic mass is 10.2. The number of hydrogen-bond donors (Lipinski definition) is 2. The van der Waals surface area contributed by atoms with Crippen molar-refractivity contribution in [3.8, 4) is 0 Å². The summed E-state index contributed by atoms with van der Waals surface area (Å²) >= 11 is 3.27. The molecule has 5 nitrogen and oxygen atoms in total. The van der Waals surface area contributed by atoms with Crippen LogP contribution in [0.1, 0.15) is 23.7 Å². The van der Waals surface area contributed by atoms with Gasteiger partial charge in [-0.25, -0.2) is 0 Å². The normalized spacial score (nSPS) is 10.0. The van der Waals surface area contributed by atoms with Crippen molar-refractivity contribution < 1.29 is 9.59 Å². The lowest BCUT2D eigenvalue weighted by molar-refractivity contribution is -0.115. The first kappa shape index (κ1) is 15.2. The van der Waals surface area contributed by atoms with Crippen LogP contribution in [0.5, 0.6) is 0 Å². The predicted molar refractivity (Wildman–Crippen MR) is 85.3 cm³/mol. The molecule has 0 aliphatic heterocycles. The molecule has 0 radical (unpaired) electrons. The van der Waals surface area contributed by atoms with Gasteiger partial charge in [-0.15, -0.1) is 0 Å². The predicted octanol–water partition coefficient (Wildman–Crippen LogP) is 3.44. The van der Waals surface area contributed by atoms with E-state index in [9.17, 15) is 9.59 Å². The first-order chi connectivity index (χ1) is 10.1. The molecule has 0 bridgehead atoms. The standard InChI is InChI=1S/C15H14BrN3O2/c1-2-14(20)18-12-3-5-13(6-4-12)19-15(21)10-7-11(16)9-17-8-10/h3-9H,2H2,1H3,(H,18,20)(H,19,21). The maximum Gasteiger partial charge on any atom is 0.257 e. The number of anilines is 2. The minimum Gasteiger partial charge on any atom is -0.326 e. The van der Waals surface area contributed by atoms with E-state index in [2.05, 4.69) is 31.5 Å². The number of hydrogen-bond acceptors (Lipinski definition) is 3. The Morgan fingerprint density at radius 3 is 2.29 bits per heavy atom. The van der Waals surface area contributed by atoms with Crippen LogP contribution in [0.2, 0.25) is 0 Å². The summed E-state index contributed by atoms with van der Waals surface area (Å²) in [6.45, 7) is 1.79. The van der Waals surface area contributed by atoms with Gasteiger partial charge in [0.15, 0.2) is 0 Å². The molecule has 1 heterocycles. The molecule has 6 heteroatoms. The molecular weight excluding hydrogens is 334 g/mol. The Labute approximate surface area is 130 Å². The smallest absolute Gasteiger partial charge is 0.257 e. The van der Waals surface area contributed by atoms with Crippen LogP contribution in [-0.4, -0.2) is 16.8 Å². The van der Waals surface area contributed by atoms with E-state index in [1.54, 1.807) is 43.5 Å². The third-order valence-electron chi connectivity index (χ3n) is 2.71. The number of nitrogens with zero attached hydrogens (tertiary/aromatic N) is 1. The van der Waals surface area contributed by atoms with Crippen molar-refractivity contribution in [3.05, 3.63) is 52.8 Å². The molecular formula is C15H14BrN3O2. The van der Waals surface area contributed by atoms with Crippen molar-refractivity contribution in [2.24, 2.45) is 0 Å². The molecule has 0 spiro atoms. The maximum absolute atomic E-state index is 12.0. The van der Waals surface area contributed by atoms with Gasteiger partial charge in [0.05, 0.1) is 5.56 Å². The summed E-state index contributed by atoms with van der Waals surface area (Å²) in [7, 11) is 0. The molecule has 2 rings (SSSR count). The van der Waals surface area contributed by atoms with Gasteiger partial charge in [-0.1, -0.05) is 6.92 Å². The Kier molecular flexibility index (Phi) is 5.05. The highest BCUT2D eigenvalue weighted by atomic mass is 79.9. The third-order valence-corrected chi connectivity index (χ3v) is 3.15. The van der Waals surface area contributed by atoms with Gasteiger partial charge in [-0.05, 0) is 46.3 Å². The summed E-state index contributed by atoms with van der Waals surface area (Å²) in [5, 5.41) is 5.51. The Morgan fingerprint density at radius 1 is 1.10 bits per heavy atom. The number of pyridine rings is 1. The lowest BCUT2D eigenvalue weighted by Crippen LogP contribution is -2.12. The number of aromatic nitrogens is 1. The van der Waals surface area contributed by atoms with Crippen molar-refractivity contribution in [2.45, 2.75) is 13.3 Å². The fourth-order valence-corrected chi connectivity index (χ4v) is 1.99. The van der Waals surface area contributed by atoms with E-state index in [0.29, 0.717) is 23.4 Å². The van der Waals surface area contributed by atoms with Crippen molar-refractivity contribution in [1.82, 2.24) is 4.98 Å². The van der Waals surface area contributed by atoms with Gasteiger partial charge in [-0.3, -0.25) is 14.6 Å². The van der Waals surface area contributed by atoms with Crippen LogP contribution >= 0.6 is 15.9 Å². The average Bonchev–Trinajstić information content (AvgIpc) is 2.49. The van der Waals surface area contributed by atoms with E-state index in [4.69, 9.17) is 0 Å². The van der Waals surface area contributed by atoms with Gasteiger partial charge in [-0.2, -0.15) is 0 Å². The molecule has 0 atom stereocenters. The third kappa shape index (κ3) is 4.39. The molecule has 0 unspecified atom stereocenters. The largest absolute Gasteiger partial charge is 0.326 e. The van der Waals surface area contributed by atoms with E-state index in [-0.39, 0.29) is 11.8 Å². The Balaban J connectivity index is 2.03. The fourth-order valence-electron chi connectivity index (χ4n) is 1.63. The SMILES string of the molecule is CCC(=O)Nc1ccc(NC(=O)c2cncc(Br)c2)cc1. The van der Waals surface area contributed by atoms with E-state index >= 15 is 0 Å². The van der Waals surface area contributed by atoms with Gasteiger partial charge >= 0.3 is 0 Å². The number of rotatable bonds is 4. The number of benzene rings is 1. The van der Waals surface area contributed by atoms with Gasteiger partial charge < -0.3 is 10.6 Å². The summed E-state index contributed by atoms with van der Waals surface area (Å²) < 4.78 is 0.743. The quantitative estimate of drug-likeness (QED) is 0.889. The van der Waals surface area contributed by atoms with E-state index < -0.39 is 0 Å². The van der Waals surface area contributed by atoms with Crippen LogP contribution in [0.15, 0.2) is 47.2 Å². The van der Waals surface area contributed by atoms with Crippen LogP contribution in [0.25, 0.3) is 0 Å². The maximum atomic E-state index is 12.0. The summed E-state index contributed by atoms with van der Waals surface area (Å²) in [5.41, 5.74) is 1.81. The molecule has 1 aromatic carbocycles. The molecule has 0 saturated heterocycles.